The topological polar surface area (TPSA) is 34.0 Å². The molecule has 0 unspecified atom stereocenters. The van der Waals surface area contributed by atoms with Crippen molar-refractivity contribution >= 4 is 29.1 Å². The largest absolute Gasteiger partial charge is 0.353 e. The Hall–Kier alpha value is -1.45. The molecule has 0 aliphatic heterocycles. The lowest BCUT2D eigenvalue weighted by Gasteiger charge is -2.07. The molecule has 0 radical (unpaired) electrons. The molecule has 0 atom stereocenters. The number of nitrogens with zero attached hydrogens (tertiary/aromatic N) is 1. The second kappa shape index (κ2) is 5.94. The minimum absolute atomic E-state index is 0.191. The van der Waals surface area contributed by atoms with Gasteiger partial charge in [-0.25, -0.2) is 0 Å². The summed E-state index contributed by atoms with van der Waals surface area (Å²) in [5, 5.41) is 3.69. The van der Waals surface area contributed by atoms with E-state index in [1.54, 1.807) is 18.2 Å². The summed E-state index contributed by atoms with van der Waals surface area (Å²) < 4.78 is 1.99. The van der Waals surface area contributed by atoms with Crippen LogP contribution in [0.2, 0.25) is 10.0 Å². The summed E-state index contributed by atoms with van der Waals surface area (Å²) in [5.74, 6) is -0.191. The summed E-state index contributed by atoms with van der Waals surface area (Å²) in [6.45, 7) is 1.27. The molecule has 18 heavy (non-hydrogen) atoms. The van der Waals surface area contributed by atoms with Crippen LogP contribution in [-0.4, -0.2) is 17.0 Å². The lowest BCUT2D eigenvalue weighted by Crippen LogP contribution is -2.27. The number of benzene rings is 1. The van der Waals surface area contributed by atoms with Crippen LogP contribution in [0.25, 0.3) is 0 Å². The monoisotopic (exact) mass is 282 g/mol. The average molecular weight is 283 g/mol. The highest BCUT2D eigenvalue weighted by Crippen LogP contribution is 2.20. The molecule has 0 spiro atoms. The van der Waals surface area contributed by atoms with E-state index in [1.807, 2.05) is 29.1 Å². The first kappa shape index (κ1) is 13.0. The highest BCUT2D eigenvalue weighted by atomic mass is 35.5. The van der Waals surface area contributed by atoms with Crippen molar-refractivity contribution < 1.29 is 4.79 Å². The van der Waals surface area contributed by atoms with Gasteiger partial charge in [0, 0.05) is 30.5 Å². The zero-order valence-corrected chi connectivity index (χ0v) is 11.1. The fourth-order valence-corrected chi connectivity index (χ4v) is 2.08. The first-order valence-electron chi connectivity index (χ1n) is 5.51. The first-order chi connectivity index (χ1) is 8.66. The van der Waals surface area contributed by atoms with Crippen LogP contribution in [0, 0.1) is 0 Å². The molecule has 1 N–H and O–H groups in total. The van der Waals surface area contributed by atoms with E-state index in [1.165, 1.54) is 0 Å². The van der Waals surface area contributed by atoms with E-state index in [2.05, 4.69) is 5.32 Å². The van der Waals surface area contributed by atoms with E-state index in [0.717, 1.165) is 6.54 Å². The predicted octanol–water partition coefficient (Wildman–Crippen LogP) is 3.22. The van der Waals surface area contributed by atoms with Crippen molar-refractivity contribution in [3.05, 3.63) is 58.3 Å². The molecule has 1 aromatic heterocycles. The lowest BCUT2D eigenvalue weighted by molar-refractivity contribution is 0.0952. The van der Waals surface area contributed by atoms with E-state index < -0.39 is 0 Å². The molecule has 1 heterocycles. The zero-order chi connectivity index (χ0) is 13.0. The Bertz CT molecular complexity index is 538. The Morgan fingerprint density at radius 1 is 1.22 bits per heavy atom. The smallest absolute Gasteiger partial charge is 0.252 e. The fourth-order valence-electron chi connectivity index (χ4n) is 1.59. The van der Waals surface area contributed by atoms with Crippen molar-refractivity contribution in [3.63, 3.8) is 0 Å². The molecule has 3 nitrogen and oxygen atoms in total. The lowest BCUT2D eigenvalue weighted by atomic mass is 10.2. The van der Waals surface area contributed by atoms with Crippen LogP contribution in [0.15, 0.2) is 42.7 Å². The second-order valence-corrected chi connectivity index (χ2v) is 4.64. The maximum absolute atomic E-state index is 11.9. The molecule has 5 heteroatoms. The fraction of sp³-hybridized carbons (Fsp3) is 0.154. The third-order valence-corrected chi connectivity index (χ3v) is 3.05. The molecule has 0 saturated heterocycles. The van der Waals surface area contributed by atoms with Crippen molar-refractivity contribution in [1.82, 2.24) is 9.88 Å². The molecule has 0 fully saturated rings. The molecule has 2 aromatic rings. The number of rotatable bonds is 4. The van der Waals surface area contributed by atoms with Gasteiger partial charge >= 0.3 is 0 Å². The van der Waals surface area contributed by atoms with Gasteiger partial charge in [-0.1, -0.05) is 23.2 Å². The van der Waals surface area contributed by atoms with Gasteiger partial charge in [-0.05, 0) is 30.3 Å². The predicted molar refractivity (Wildman–Crippen MR) is 73.2 cm³/mol. The Kier molecular flexibility index (Phi) is 4.28. The SMILES string of the molecule is O=C(NCCn1cccc1)c1ccc(Cl)cc1Cl. The molecule has 0 aliphatic carbocycles. The number of carbonyl (C=O) groups excluding carboxylic acids is 1. The van der Waals surface area contributed by atoms with Gasteiger partial charge in [0.05, 0.1) is 10.6 Å². The van der Waals surface area contributed by atoms with Crippen LogP contribution >= 0.6 is 23.2 Å². The minimum Gasteiger partial charge on any atom is -0.353 e. The van der Waals surface area contributed by atoms with Crippen LogP contribution in [0.1, 0.15) is 10.4 Å². The van der Waals surface area contributed by atoms with Gasteiger partial charge in [0.2, 0.25) is 0 Å². The number of halogens is 2. The van der Waals surface area contributed by atoms with E-state index >= 15 is 0 Å². The molecule has 0 aliphatic rings. The Morgan fingerprint density at radius 2 is 1.94 bits per heavy atom. The number of nitrogens with one attached hydrogen (secondary N) is 1. The van der Waals surface area contributed by atoms with Crippen molar-refractivity contribution in [2.24, 2.45) is 0 Å². The Labute approximate surface area is 115 Å². The minimum atomic E-state index is -0.191. The first-order valence-corrected chi connectivity index (χ1v) is 6.26. The summed E-state index contributed by atoms with van der Waals surface area (Å²) in [7, 11) is 0. The standard InChI is InChI=1S/C13H12Cl2N2O/c14-10-3-4-11(12(15)9-10)13(18)16-5-8-17-6-1-2-7-17/h1-4,6-7,9H,5,8H2,(H,16,18). The molecule has 0 saturated carbocycles. The van der Waals surface area contributed by atoms with Crippen molar-refractivity contribution in [1.29, 1.82) is 0 Å². The van der Waals surface area contributed by atoms with E-state index in [4.69, 9.17) is 23.2 Å². The highest BCUT2D eigenvalue weighted by Gasteiger charge is 2.09. The zero-order valence-electron chi connectivity index (χ0n) is 9.57. The van der Waals surface area contributed by atoms with Crippen molar-refractivity contribution in [2.45, 2.75) is 6.54 Å². The average Bonchev–Trinajstić information content (AvgIpc) is 2.81. The normalized spacial score (nSPS) is 10.3. The number of amides is 1. The Balaban J connectivity index is 1.91. The van der Waals surface area contributed by atoms with Gasteiger partial charge < -0.3 is 9.88 Å². The molecule has 2 rings (SSSR count). The van der Waals surface area contributed by atoms with Crippen LogP contribution in [0.4, 0.5) is 0 Å². The molecular formula is C13H12Cl2N2O. The summed E-state index contributed by atoms with van der Waals surface area (Å²) >= 11 is 11.7. The summed E-state index contributed by atoms with van der Waals surface area (Å²) in [5.41, 5.74) is 0.438. The summed E-state index contributed by atoms with van der Waals surface area (Å²) in [6.07, 6.45) is 3.89. The van der Waals surface area contributed by atoms with E-state index in [9.17, 15) is 4.79 Å². The van der Waals surface area contributed by atoms with Gasteiger partial charge in [0.1, 0.15) is 0 Å². The van der Waals surface area contributed by atoms with Crippen molar-refractivity contribution in [3.8, 4) is 0 Å². The quantitative estimate of drug-likeness (QED) is 0.918. The Morgan fingerprint density at radius 3 is 2.61 bits per heavy atom. The van der Waals surface area contributed by atoms with Gasteiger partial charge in [-0.3, -0.25) is 4.79 Å². The molecule has 0 bridgehead atoms. The van der Waals surface area contributed by atoms with E-state index in [-0.39, 0.29) is 5.91 Å². The molecule has 1 aromatic carbocycles. The molecule has 1 amide bonds. The van der Waals surface area contributed by atoms with Gasteiger partial charge in [-0.15, -0.1) is 0 Å². The summed E-state index contributed by atoms with van der Waals surface area (Å²) in [6, 6.07) is 8.71. The number of hydrogen-bond donors (Lipinski definition) is 1. The third kappa shape index (κ3) is 3.28. The number of hydrogen-bond acceptors (Lipinski definition) is 1. The maximum Gasteiger partial charge on any atom is 0.252 e. The van der Waals surface area contributed by atoms with Gasteiger partial charge in [0.25, 0.3) is 5.91 Å². The van der Waals surface area contributed by atoms with Crippen LogP contribution in [0.3, 0.4) is 0 Å². The van der Waals surface area contributed by atoms with Gasteiger partial charge in [-0.2, -0.15) is 0 Å². The summed E-state index contributed by atoms with van der Waals surface area (Å²) in [4.78, 5) is 11.9. The van der Waals surface area contributed by atoms with Crippen LogP contribution < -0.4 is 5.32 Å². The maximum atomic E-state index is 11.9. The molecular weight excluding hydrogens is 271 g/mol. The van der Waals surface area contributed by atoms with Crippen LogP contribution in [-0.2, 0) is 6.54 Å². The second-order valence-electron chi connectivity index (χ2n) is 3.80. The molecule has 94 valence electrons. The number of aromatic nitrogens is 1. The third-order valence-electron chi connectivity index (χ3n) is 2.50. The van der Waals surface area contributed by atoms with Crippen LogP contribution in [0.5, 0.6) is 0 Å². The van der Waals surface area contributed by atoms with E-state index in [0.29, 0.717) is 22.2 Å². The highest BCUT2D eigenvalue weighted by molar-refractivity contribution is 6.36. The van der Waals surface area contributed by atoms with Crippen molar-refractivity contribution in [2.75, 3.05) is 6.54 Å². The van der Waals surface area contributed by atoms with Gasteiger partial charge in [0.15, 0.2) is 0 Å². The number of carbonyl (C=O) groups is 1.